The quantitative estimate of drug-likeness (QED) is 0.0364. The van der Waals surface area contributed by atoms with E-state index in [1.54, 1.807) is 0 Å². The van der Waals surface area contributed by atoms with Gasteiger partial charge in [0, 0.05) is 43.6 Å². The van der Waals surface area contributed by atoms with Gasteiger partial charge in [-0.05, 0) is 13.0 Å². The van der Waals surface area contributed by atoms with Crippen molar-refractivity contribution in [3.8, 4) is 0 Å². The van der Waals surface area contributed by atoms with Crippen molar-refractivity contribution < 1.29 is 84.7 Å². The third-order valence-electron chi connectivity index (χ3n) is 13.0. The lowest BCUT2D eigenvalue weighted by Crippen LogP contribution is -2.33. The van der Waals surface area contributed by atoms with Gasteiger partial charge in [-0.25, -0.2) is 43.2 Å². The van der Waals surface area contributed by atoms with Crippen LogP contribution in [0.2, 0.25) is 0 Å². The molecule has 13 N–H and O–H groups in total. The molecule has 0 radical (unpaired) electrons. The number of nitrogens with two attached hydrogens (primary N) is 3. The third kappa shape index (κ3) is 12.2. The summed E-state index contributed by atoms with van der Waals surface area (Å²) in [6.07, 6.45) is -10.9. The molecule has 79 heavy (non-hydrogen) atoms. The summed E-state index contributed by atoms with van der Waals surface area (Å²) in [7, 11) is -15.8. The Morgan fingerprint density at radius 2 is 1.16 bits per heavy atom. The Labute approximate surface area is 439 Å². The van der Waals surface area contributed by atoms with Gasteiger partial charge in [-0.1, -0.05) is 0 Å². The standard InChI is InChI=1S/C39H50N15O22P3/c1-16-8-52(39(60)50-35(16)57)28-5-18(21(9-55)70-28)74-78(63,64)68-11-23-19(6-27(72-23)51-3-2-25(40)47-38(51)59)75-79(65,66)69-12-24-20(7-29(73-24)54-15-46-31-34(54)48-37(42)49-36(31)58)76-77(61,62)67-10-22-17(56)4-26(71-22)53-14-45-30-32(41)43-13-44-33(30)53/h2-3,8,13-15,17-24,26-29,55-56H,4-7,9-12H2,1H3,(H,61,62)(H,63,64)(H,65,66)(H2,40,47,59)(H2,41,43,44)(H,50,57,60)(H3,42,48,49,58)/t17-,18-,19-,20-,21+,22+,23+,24+,26+,27+,28+,29+/m0/s1. The van der Waals surface area contributed by atoms with Crippen molar-refractivity contribution in [2.75, 3.05) is 43.6 Å². The molecule has 0 saturated carbocycles. The molecule has 0 spiro atoms. The van der Waals surface area contributed by atoms with Crippen molar-refractivity contribution in [1.82, 2.24) is 58.1 Å². The number of fused-ring (bicyclic) bond motifs is 2. The monoisotopic (exact) mass is 1170 g/mol. The van der Waals surface area contributed by atoms with E-state index in [1.165, 1.54) is 47.2 Å². The number of hydrogen-bond acceptors (Lipinski definition) is 28. The number of aromatic amines is 2. The number of aryl methyl sites for hydroxylation is 1. The summed E-state index contributed by atoms with van der Waals surface area (Å²) in [5.74, 6) is -0.356. The highest BCUT2D eigenvalue weighted by Gasteiger charge is 2.48. The van der Waals surface area contributed by atoms with Crippen LogP contribution in [0, 0.1) is 6.92 Å². The summed E-state index contributed by atoms with van der Waals surface area (Å²) < 4.78 is 102. The maximum atomic E-state index is 13.9. The Morgan fingerprint density at radius 1 is 0.646 bits per heavy atom. The SMILES string of the molecule is Cc1cn([C@H]2C[C@H](OP(=O)(O)OC[C@H]3O[C@@H](n4ccc(N)nc4=O)C[C@@H]3OP(=O)(O)OC[C@H]3O[C@@H](n4cnc5c(=O)[nH]c(N)nc54)C[C@@H]3OP(=O)(O)OC[C@H]3O[C@@H](n4cnc5c(N)ncnc54)C[C@@H]3O)[C@@H](CO)O2)c(=O)[nH]c1=O. The number of hydrogen-bond donors (Lipinski definition) is 10. The van der Waals surface area contributed by atoms with Gasteiger partial charge in [0.25, 0.3) is 11.1 Å². The summed E-state index contributed by atoms with van der Waals surface area (Å²) in [4.78, 5) is 112. The van der Waals surface area contributed by atoms with Crippen molar-refractivity contribution in [2.24, 2.45) is 0 Å². The molecule has 0 aromatic carbocycles. The minimum Gasteiger partial charge on any atom is -0.394 e. The number of aliphatic hydroxyl groups excluding tert-OH is 2. The Bertz CT molecular complexity index is 3650. The topological polar surface area (TPSA) is 520 Å². The molecule has 4 fully saturated rings. The predicted molar refractivity (Wildman–Crippen MR) is 260 cm³/mol. The van der Waals surface area contributed by atoms with Crippen LogP contribution in [-0.4, -0.2) is 158 Å². The zero-order valence-electron chi connectivity index (χ0n) is 40.8. The molecule has 0 aliphatic carbocycles. The maximum absolute atomic E-state index is 13.9. The highest BCUT2D eigenvalue weighted by atomic mass is 31.2. The molecule has 0 amide bonds. The number of rotatable bonds is 20. The lowest BCUT2D eigenvalue weighted by molar-refractivity contribution is -0.0630. The second-order valence-corrected chi connectivity index (χ2v) is 22.5. The largest absolute Gasteiger partial charge is 0.472 e. The van der Waals surface area contributed by atoms with Crippen LogP contribution in [0.3, 0.4) is 0 Å². The lowest BCUT2D eigenvalue weighted by Gasteiger charge is -2.25. The fourth-order valence-electron chi connectivity index (χ4n) is 9.23. The van der Waals surface area contributed by atoms with Crippen LogP contribution < -0.4 is 39.7 Å². The summed E-state index contributed by atoms with van der Waals surface area (Å²) in [6, 6.07) is 1.25. The second kappa shape index (κ2) is 22.1. The van der Waals surface area contributed by atoms with Gasteiger partial charge in [0.1, 0.15) is 85.3 Å². The van der Waals surface area contributed by atoms with Crippen LogP contribution in [0.15, 0.2) is 56.6 Å². The number of nitrogens with one attached hydrogen (secondary N) is 2. The highest BCUT2D eigenvalue weighted by molar-refractivity contribution is 7.48. The lowest BCUT2D eigenvalue weighted by atomic mass is 10.2. The molecule has 15 atom stereocenters. The number of ether oxygens (including phenoxy) is 4. The molecular formula is C39H50N15O22P3. The average molecular weight is 1170 g/mol. The second-order valence-electron chi connectivity index (χ2n) is 18.3. The van der Waals surface area contributed by atoms with E-state index in [0.29, 0.717) is 5.65 Å². The Morgan fingerprint density at radius 3 is 1.77 bits per heavy atom. The number of anilines is 3. The fraction of sp³-hybridized carbons (Fsp3) is 0.538. The Balaban J connectivity index is 0.829. The van der Waals surface area contributed by atoms with Gasteiger partial charge in [0.05, 0.1) is 45.2 Å². The van der Waals surface area contributed by atoms with Crippen LogP contribution in [0.25, 0.3) is 22.3 Å². The first-order chi connectivity index (χ1) is 37.4. The zero-order valence-corrected chi connectivity index (χ0v) is 43.5. The maximum Gasteiger partial charge on any atom is 0.472 e. The summed E-state index contributed by atoms with van der Waals surface area (Å²) in [5, 5.41) is 20.9. The number of nitrogens with zero attached hydrogens (tertiary/aromatic N) is 10. The summed E-state index contributed by atoms with van der Waals surface area (Å²) >= 11 is 0. The molecule has 428 valence electrons. The van der Waals surface area contributed by atoms with E-state index in [4.69, 9.17) is 63.3 Å². The molecule has 6 aromatic rings. The van der Waals surface area contributed by atoms with E-state index in [1.807, 2.05) is 0 Å². The fourth-order valence-corrected chi connectivity index (χ4v) is 12.1. The molecule has 10 rings (SSSR count). The number of nitrogen functional groups attached to an aromatic ring is 3. The normalized spacial score (nSPS) is 29.5. The van der Waals surface area contributed by atoms with Gasteiger partial charge in [0.15, 0.2) is 22.6 Å². The first-order valence-electron chi connectivity index (χ1n) is 23.6. The van der Waals surface area contributed by atoms with E-state index in [9.17, 15) is 57.8 Å². The summed E-state index contributed by atoms with van der Waals surface area (Å²) in [6.45, 7) is -1.91. The van der Waals surface area contributed by atoms with E-state index in [-0.39, 0.29) is 59.1 Å². The van der Waals surface area contributed by atoms with Crippen molar-refractivity contribution >= 4 is 63.4 Å². The van der Waals surface area contributed by atoms with E-state index < -0.39 is 153 Å². The van der Waals surface area contributed by atoms with Gasteiger partial charge >= 0.3 is 34.8 Å². The first-order valence-corrected chi connectivity index (χ1v) is 28.1. The van der Waals surface area contributed by atoms with Gasteiger partial charge in [-0.2, -0.15) is 9.97 Å². The zero-order chi connectivity index (χ0) is 56.3. The number of imidazole rings is 2. The molecule has 10 heterocycles. The Kier molecular flexibility index (Phi) is 15.7. The van der Waals surface area contributed by atoms with Crippen LogP contribution >= 0.6 is 23.5 Å². The number of H-pyrrole nitrogens is 2. The minimum absolute atomic E-state index is 0.0226. The molecule has 37 nitrogen and oxygen atoms in total. The van der Waals surface area contributed by atoms with E-state index in [0.717, 1.165) is 15.5 Å². The van der Waals surface area contributed by atoms with Gasteiger partial charge in [-0.3, -0.25) is 65.0 Å². The van der Waals surface area contributed by atoms with Gasteiger partial charge in [0.2, 0.25) is 5.95 Å². The number of phosphoric acid groups is 3. The van der Waals surface area contributed by atoms with Crippen molar-refractivity contribution in [1.29, 1.82) is 0 Å². The number of aliphatic hydroxyl groups is 2. The van der Waals surface area contributed by atoms with Gasteiger partial charge < -0.3 is 61.0 Å². The molecule has 0 bridgehead atoms. The van der Waals surface area contributed by atoms with Crippen LogP contribution in [0.1, 0.15) is 56.2 Å². The van der Waals surface area contributed by atoms with Crippen LogP contribution in [0.4, 0.5) is 17.6 Å². The number of aromatic nitrogens is 12. The van der Waals surface area contributed by atoms with Crippen molar-refractivity contribution in [3.63, 3.8) is 0 Å². The van der Waals surface area contributed by atoms with Crippen molar-refractivity contribution in [2.45, 2.75) is 106 Å². The van der Waals surface area contributed by atoms with Crippen LogP contribution in [0.5, 0.6) is 0 Å². The highest BCUT2D eigenvalue weighted by Crippen LogP contribution is 2.53. The summed E-state index contributed by atoms with van der Waals surface area (Å²) in [5.41, 5.74) is 14.6. The molecule has 6 aromatic heterocycles. The average Bonchev–Trinajstić information content (AvgIpc) is 4.41. The molecule has 3 unspecified atom stereocenters. The molecule has 4 saturated heterocycles. The van der Waals surface area contributed by atoms with Crippen LogP contribution in [-0.2, 0) is 59.8 Å². The van der Waals surface area contributed by atoms with Crippen molar-refractivity contribution in [3.05, 3.63) is 84.7 Å². The molecular weight excluding hydrogens is 1120 g/mol. The smallest absolute Gasteiger partial charge is 0.394 e. The van der Waals surface area contributed by atoms with E-state index in [2.05, 4.69) is 39.9 Å². The minimum atomic E-state index is -5.38. The first kappa shape index (κ1) is 56.2. The predicted octanol–water partition coefficient (Wildman–Crippen LogP) is -2.17. The molecule has 40 heteroatoms. The third-order valence-corrected chi connectivity index (χ3v) is 16.1. The van der Waals surface area contributed by atoms with Gasteiger partial charge in [-0.15, -0.1) is 0 Å². The molecule has 4 aliphatic heterocycles. The number of phosphoric ester groups is 3. The Hall–Kier alpha value is -6.05. The van der Waals surface area contributed by atoms with E-state index >= 15 is 0 Å². The molecule has 4 aliphatic rings.